The number of nitrogens with one attached hydrogen (secondary N) is 1. The maximum atomic E-state index is 11.9. The lowest BCUT2D eigenvalue weighted by Crippen LogP contribution is -2.29. The third kappa shape index (κ3) is 6.26. The van der Waals surface area contributed by atoms with Gasteiger partial charge in [-0.05, 0) is 67.0 Å². The zero-order valence-corrected chi connectivity index (χ0v) is 15.8. The highest BCUT2D eigenvalue weighted by Gasteiger charge is 2.04. The number of rotatable bonds is 8. The molecule has 0 heterocycles. The summed E-state index contributed by atoms with van der Waals surface area (Å²) in [6.07, 6.45) is 1.90. The minimum absolute atomic E-state index is 0.0611. The van der Waals surface area contributed by atoms with E-state index in [1.54, 1.807) is 0 Å². The number of ether oxygens (including phenoxy) is 1. The average Bonchev–Trinajstić information content (AvgIpc) is 2.60. The number of carbonyl (C=O) groups is 1. The van der Waals surface area contributed by atoms with E-state index in [2.05, 4.69) is 50.4 Å². The Morgan fingerprint density at radius 1 is 1.04 bits per heavy atom. The zero-order chi connectivity index (χ0) is 18.2. The Hall–Kier alpha value is -2.29. The number of benzene rings is 2. The molecule has 0 bridgehead atoms. The molecule has 0 spiro atoms. The molecule has 0 saturated carbocycles. The van der Waals surface area contributed by atoms with Gasteiger partial charge < -0.3 is 10.1 Å². The van der Waals surface area contributed by atoms with Crippen LogP contribution in [0.1, 0.15) is 48.4 Å². The van der Waals surface area contributed by atoms with Crippen molar-refractivity contribution < 1.29 is 9.53 Å². The van der Waals surface area contributed by atoms with Crippen molar-refractivity contribution in [3.63, 3.8) is 0 Å². The molecule has 0 aliphatic carbocycles. The van der Waals surface area contributed by atoms with Crippen LogP contribution in [-0.4, -0.2) is 19.1 Å². The van der Waals surface area contributed by atoms with Gasteiger partial charge in [0.25, 0.3) is 5.91 Å². The zero-order valence-electron chi connectivity index (χ0n) is 15.8. The number of carbonyl (C=O) groups excluding carboxylic acids is 1. The molecule has 0 fully saturated rings. The Morgan fingerprint density at radius 2 is 1.76 bits per heavy atom. The van der Waals surface area contributed by atoms with Crippen LogP contribution in [0, 0.1) is 13.8 Å². The first-order valence-corrected chi connectivity index (χ1v) is 9.01. The van der Waals surface area contributed by atoms with E-state index in [1.807, 2.05) is 25.1 Å². The highest BCUT2D eigenvalue weighted by Crippen LogP contribution is 2.16. The number of aryl methyl sites for hydroxylation is 3. The van der Waals surface area contributed by atoms with Crippen molar-refractivity contribution in [2.75, 3.05) is 13.2 Å². The Kier molecular flexibility index (Phi) is 7.05. The van der Waals surface area contributed by atoms with E-state index in [9.17, 15) is 4.79 Å². The third-order valence-corrected chi connectivity index (χ3v) is 4.46. The summed E-state index contributed by atoms with van der Waals surface area (Å²) >= 11 is 0. The maximum absolute atomic E-state index is 11.9. The highest BCUT2D eigenvalue weighted by molar-refractivity contribution is 5.77. The van der Waals surface area contributed by atoms with Crippen molar-refractivity contribution >= 4 is 5.91 Å². The number of hydrogen-bond donors (Lipinski definition) is 1. The lowest BCUT2D eigenvalue weighted by Gasteiger charge is -2.09. The summed E-state index contributed by atoms with van der Waals surface area (Å²) in [5.74, 6) is 1.22. The van der Waals surface area contributed by atoms with Gasteiger partial charge in [-0.2, -0.15) is 0 Å². The molecule has 2 aromatic rings. The summed E-state index contributed by atoms with van der Waals surface area (Å²) in [4.78, 5) is 11.9. The Labute approximate surface area is 151 Å². The van der Waals surface area contributed by atoms with Crippen molar-refractivity contribution in [3.8, 4) is 5.75 Å². The maximum Gasteiger partial charge on any atom is 0.257 e. The SMILES string of the molecule is Cc1ccc(OCC(=O)NCCCc2ccc(C(C)C)cc2)cc1C. The van der Waals surface area contributed by atoms with Gasteiger partial charge in [-0.15, -0.1) is 0 Å². The van der Waals surface area contributed by atoms with E-state index in [0.717, 1.165) is 18.6 Å². The third-order valence-electron chi connectivity index (χ3n) is 4.46. The van der Waals surface area contributed by atoms with Crippen LogP contribution >= 0.6 is 0 Å². The molecule has 0 aromatic heterocycles. The summed E-state index contributed by atoms with van der Waals surface area (Å²) < 4.78 is 5.54. The second-order valence-electron chi connectivity index (χ2n) is 6.88. The van der Waals surface area contributed by atoms with Gasteiger partial charge in [0.1, 0.15) is 5.75 Å². The van der Waals surface area contributed by atoms with Crippen LogP contribution in [0.15, 0.2) is 42.5 Å². The monoisotopic (exact) mass is 339 g/mol. The van der Waals surface area contributed by atoms with E-state index >= 15 is 0 Å². The Balaban J connectivity index is 1.65. The van der Waals surface area contributed by atoms with Crippen LogP contribution in [0.3, 0.4) is 0 Å². The van der Waals surface area contributed by atoms with Crippen LogP contribution in [0.5, 0.6) is 5.75 Å². The molecule has 3 heteroatoms. The minimum Gasteiger partial charge on any atom is -0.484 e. The predicted octanol–water partition coefficient (Wildman–Crippen LogP) is 4.55. The molecular formula is C22H29NO2. The van der Waals surface area contributed by atoms with Gasteiger partial charge >= 0.3 is 0 Å². The fraction of sp³-hybridized carbons (Fsp3) is 0.409. The van der Waals surface area contributed by atoms with Gasteiger partial charge in [0, 0.05) is 6.54 Å². The van der Waals surface area contributed by atoms with E-state index in [0.29, 0.717) is 12.5 Å². The van der Waals surface area contributed by atoms with E-state index < -0.39 is 0 Å². The molecule has 25 heavy (non-hydrogen) atoms. The molecule has 1 amide bonds. The quantitative estimate of drug-likeness (QED) is 0.716. The summed E-state index contributed by atoms with van der Waals surface area (Å²) in [6, 6.07) is 14.6. The van der Waals surface area contributed by atoms with Crippen molar-refractivity contribution in [1.29, 1.82) is 0 Å². The normalized spacial score (nSPS) is 10.8. The standard InChI is InChI=1S/C22H29NO2/c1-16(2)20-10-8-19(9-11-20)6-5-13-23-22(24)15-25-21-12-7-17(3)18(4)14-21/h7-12,14,16H,5-6,13,15H2,1-4H3,(H,23,24). The van der Waals surface area contributed by atoms with Crippen molar-refractivity contribution in [2.45, 2.75) is 46.5 Å². The fourth-order valence-electron chi connectivity index (χ4n) is 2.59. The van der Waals surface area contributed by atoms with Gasteiger partial charge in [0.05, 0.1) is 0 Å². The Morgan fingerprint density at radius 3 is 2.40 bits per heavy atom. The predicted molar refractivity (Wildman–Crippen MR) is 103 cm³/mol. The largest absolute Gasteiger partial charge is 0.484 e. The number of amides is 1. The summed E-state index contributed by atoms with van der Waals surface area (Å²) in [7, 11) is 0. The van der Waals surface area contributed by atoms with Gasteiger partial charge in [-0.1, -0.05) is 44.2 Å². The molecule has 1 N–H and O–H groups in total. The minimum atomic E-state index is -0.0756. The van der Waals surface area contributed by atoms with Crippen LogP contribution < -0.4 is 10.1 Å². The molecular weight excluding hydrogens is 310 g/mol. The first-order valence-electron chi connectivity index (χ1n) is 9.01. The van der Waals surface area contributed by atoms with Crippen molar-refractivity contribution in [2.24, 2.45) is 0 Å². The van der Waals surface area contributed by atoms with Crippen LogP contribution in [0.2, 0.25) is 0 Å². The Bertz CT molecular complexity index is 690. The van der Waals surface area contributed by atoms with E-state index in [-0.39, 0.29) is 12.5 Å². The smallest absolute Gasteiger partial charge is 0.257 e. The van der Waals surface area contributed by atoms with E-state index in [4.69, 9.17) is 4.74 Å². The van der Waals surface area contributed by atoms with E-state index in [1.165, 1.54) is 22.3 Å². The topological polar surface area (TPSA) is 38.3 Å². The highest BCUT2D eigenvalue weighted by atomic mass is 16.5. The fourth-order valence-corrected chi connectivity index (χ4v) is 2.59. The van der Waals surface area contributed by atoms with Gasteiger partial charge in [-0.25, -0.2) is 0 Å². The van der Waals surface area contributed by atoms with Gasteiger partial charge in [0.15, 0.2) is 6.61 Å². The molecule has 3 nitrogen and oxygen atoms in total. The van der Waals surface area contributed by atoms with Crippen LogP contribution in [-0.2, 0) is 11.2 Å². The lowest BCUT2D eigenvalue weighted by molar-refractivity contribution is -0.123. The molecule has 2 rings (SSSR count). The second-order valence-corrected chi connectivity index (χ2v) is 6.88. The molecule has 2 aromatic carbocycles. The average molecular weight is 339 g/mol. The first kappa shape index (κ1) is 19.0. The summed E-state index contributed by atoms with van der Waals surface area (Å²) in [5.41, 5.74) is 5.06. The molecule has 0 aliphatic rings. The second kappa shape index (κ2) is 9.26. The van der Waals surface area contributed by atoms with Crippen molar-refractivity contribution in [3.05, 3.63) is 64.7 Å². The van der Waals surface area contributed by atoms with Gasteiger partial charge in [-0.3, -0.25) is 4.79 Å². The van der Waals surface area contributed by atoms with Crippen molar-refractivity contribution in [1.82, 2.24) is 5.32 Å². The molecule has 0 unspecified atom stereocenters. The number of hydrogen-bond acceptors (Lipinski definition) is 2. The molecule has 0 saturated heterocycles. The lowest BCUT2D eigenvalue weighted by atomic mass is 10.0. The van der Waals surface area contributed by atoms with Crippen LogP contribution in [0.25, 0.3) is 0 Å². The summed E-state index contributed by atoms with van der Waals surface area (Å²) in [6.45, 7) is 9.22. The molecule has 0 radical (unpaired) electrons. The molecule has 134 valence electrons. The molecule has 0 atom stereocenters. The van der Waals surface area contributed by atoms with Gasteiger partial charge in [0.2, 0.25) is 0 Å². The molecule has 0 aliphatic heterocycles. The van der Waals surface area contributed by atoms with Crippen LogP contribution in [0.4, 0.5) is 0 Å². The first-order chi connectivity index (χ1) is 12.0. The summed E-state index contributed by atoms with van der Waals surface area (Å²) in [5, 5.41) is 2.91.